The monoisotopic (exact) mass is 384 g/mol. The maximum Gasteiger partial charge on any atom is 0.416 e. The van der Waals surface area contributed by atoms with Crippen molar-refractivity contribution in [1.82, 2.24) is 4.90 Å². The number of benzene rings is 2. The van der Waals surface area contributed by atoms with Crippen LogP contribution in [0.2, 0.25) is 0 Å². The molecule has 2 amide bonds. The quantitative estimate of drug-likeness (QED) is 0.658. The van der Waals surface area contributed by atoms with E-state index in [2.05, 4.69) is 5.32 Å². The number of halogens is 5. The maximum absolute atomic E-state index is 13.8. The third-order valence-electron chi connectivity index (χ3n) is 4.56. The maximum atomic E-state index is 13.8. The Bertz CT molecular complexity index is 820. The molecule has 8 heteroatoms. The number of likely N-dealkylation sites (tertiary alicyclic amines) is 1. The lowest BCUT2D eigenvalue weighted by Gasteiger charge is -2.36. The van der Waals surface area contributed by atoms with Crippen LogP contribution >= 0.6 is 0 Å². The van der Waals surface area contributed by atoms with Crippen molar-refractivity contribution >= 4 is 11.7 Å². The molecule has 3 nitrogen and oxygen atoms in total. The summed E-state index contributed by atoms with van der Waals surface area (Å²) < 4.78 is 65.0. The fraction of sp³-hybridized carbons (Fsp3) is 0.316. The first kappa shape index (κ1) is 19.1. The van der Waals surface area contributed by atoms with Gasteiger partial charge in [-0.3, -0.25) is 0 Å². The molecule has 1 N–H and O–H groups in total. The van der Waals surface area contributed by atoms with E-state index in [9.17, 15) is 26.7 Å². The molecule has 0 unspecified atom stereocenters. The molecule has 0 aromatic heterocycles. The highest BCUT2D eigenvalue weighted by atomic mass is 19.4. The number of hydrogen-bond acceptors (Lipinski definition) is 1. The van der Waals surface area contributed by atoms with E-state index >= 15 is 0 Å². The van der Waals surface area contributed by atoms with Gasteiger partial charge in [0.1, 0.15) is 11.6 Å². The first-order chi connectivity index (χ1) is 12.8. The number of amides is 2. The summed E-state index contributed by atoms with van der Waals surface area (Å²) >= 11 is 0. The summed E-state index contributed by atoms with van der Waals surface area (Å²) in [5, 5.41) is 2.41. The molecule has 3 rings (SSSR count). The Hall–Kier alpha value is -2.64. The summed E-state index contributed by atoms with van der Waals surface area (Å²) in [6.45, 7) is 0.389. The van der Waals surface area contributed by atoms with E-state index < -0.39 is 35.4 Å². The number of urea groups is 1. The van der Waals surface area contributed by atoms with Crippen molar-refractivity contribution in [1.29, 1.82) is 0 Å². The normalized spacial score (nSPS) is 17.7. The molecule has 1 fully saturated rings. The summed E-state index contributed by atoms with van der Waals surface area (Å²) in [5.74, 6) is -1.66. The molecule has 144 valence electrons. The van der Waals surface area contributed by atoms with Crippen LogP contribution in [0.3, 0.4) is 0 Å². The van der Waals surface area contributed by atoms with Crippen molar-refractivity contribution in [3.05, 3.63) is 65.2 Å². The van der Waals surface area contributed by atoms with Gasteiger partial charge in [-0.25, -0.2) is 13.6 Å². The highest BCUT2D eigenvalue weighted by Crippen LogP contribution is 2.34. The predicted octanol–water partition coefficient (Wildman–Crippen LogP) is 5.74. The highest BCUT2D eigenvalue weighted by Gasteiger charge is 2.32. The summed E-state index contributed by atoms with van der Waals surface area (Å²) in [6, 6.07) is 6.52. The van der Waals surface area contributed by atoms with Crippen molar-refractivity contribution in [2.24, 2.45) is 0 Å². The zero-order chi connectivity index (χ0) is 19.6. The Kier molecular flexibility index (Phi) is 5.34. The van der Waals surface area contributed by atoms with E-state index in [0.717, 1.165) is 37.1 Å². The number of rotatable bonds is 2. The van der Waals surface area contributed by atoms with E-state index in [1.165, 1.54) is 17.0 Å². The number of nitrogens with zero attached hydrogens (tertiary/aromatic N) is 1. The van der Waals surface area contributed by atoms with Gasteiger partial charge < -0.3 is 10.2 Å². The van der Waals surface area contributed by atoms with E-state index in [4.69, 9.17) is 0 Å². The number of piperidine rings is 1. The molecule has 1 atom stereocenters. The average molecular weight is 384 g/mol. The van der Waals surface area contributed by atoms with Crippen LogP contribution in [-0.4, -0.2) is 17.5 Å². The summed E-state index contributed by atoms with van der Waals surface area (Å²) in [7, 11) is 0. The van der Waals surface area contributed by atoms with Gasteiger partial charge in [0, 0.05) is 12.6 Å². The van der Waals surface area contributed by atoms with Crippen LogP contribution in [0.25, 0.3) is 0 Å². The van der Waals surface area contributed by atoms with Crippen LogP contribution < -0.4 is 5.32 Å². The molecular formula is C19H17F5N2O. The highest BCUT2D eigenvalue weighted by molar-refractivity contribution is 5.89. The van der Waals surface area contributed by atoms with E-state index in [0.29, 0.717) is 24.6 Å². The molecule has 1 heterocycles. The number of carbonyl (C=O) groups is 1. The van der Waals surface area contributed by atoms with Gasteiger partial charge in [-0.1, -0.05) is 12.1 Å². The molecule has 0 spiro atoms. The number of carbonyl (C=O) groups excluding carboxylic acids is 1. The first-order valence-electron chi connectivity index (χ1n) is 8.45. The van der Waals surface area contributed by atoms with E-state index in [1.807, 2.05) is 0 Å². The summed E-state index contributed by atoms with van der Waals surface area (Å²) in [6.07, 6.45) is -2.29. The van der Waals surface area contributed by atoms with Gasteiger partial charge in [0.05, 0.1) is 17.3 Å². The minimum absolute atomic E-state index is 0.154. The van der Waals surface area contributed by atoms with Crippen LogP contribution in [0.15, 0.2) is 42.5 Å². The lowest BCUT2D eigenvalue weighted by Crippen LogP contribution is -2.41. The minimum Gasteiger partial charge on any atom is -0.317 e. The zero-order valence-electron chi connectivity index (χ0n) is 14.2. The fourth-order valence-electron chi connectivity index (χ4n) is 3.19. The molecule has 2 aromatic carbocycles. The van der Waals surface area contributed by atoms with E-state index in [-0.39, 0.29) is 5.69 Å². The standard InChI is InChI=1S/C19H17F5N2O/c20-14-8-9-16(15(21)11-14)25-18(27)26-10-2-1-3-17(26)12-4-6-13(7-5-12)19(22,23)24/h4-9,11,17H,1-3,10H2,(H,25,27)/t17-/m0/s1. The first-order valence-corrected chi connectivity index (χ1v) is 8.45. The largest absolute Gasteiger partial charge is 0.416 e. The Balaban J connectivity index is 1.79. The Morgan fingerprint density at radius 1 is 1.04 bits per heavy atom. The molecule has 0 bridgehead atoms. The van der Waals surface area contributed by atoms with Gasteiger partial charge in [0.15, 0.2) is 0 Å². The lowest BCUT2D eigenvalue weighted by molar-refractivity contribution is -0.137. The molecule has 0 radical (unpaired) electrons. The predicted molar refractivity (Wildman–Crippen MR) is 90.1 cm³/mol. The minimum atomic E-state index is -4.43. The molecule has 1 aliphatic heterocycles. The lowest BCUT2D eigenvalue weighted by atomic mass is 9.95. The molecule has 1 saturated heterocycles. The Morgan fingerprint density at radius 3 is 2.37 bits per heavy atom. The van der Waals surface area contributed by atoms with Crippen molar-refractivity contribution in [3.63, 3.8) is 0 Å². The smallest absolute Gasteiger partial charge is 0.317 e. The zero-order valence-corrected chi connectivity index (χ0v) is 14.2. The van der Waals surface area contributed by atoms with Gasteiger partial charge in [-0.05, 0) is 49.1 Å². The Morgan fingerprint density at radius 2 is 1.74 bits per heavy atom. The van der Waals surface area contributed by atoms with Crippen LogP contribution in [0.4, 0.5) is 32.4 Å². The molecular weight excluding hydrogens is 367 g/mol. The third-order valence-corrected chi connectivity index (χ3v) is 4.56. The number of hydrogen-bond donors (Lipinski definition) is 1. The summed E-state index contributed by atoms with van der Waals surface area (Å²) in [5.41, 5.74) is -0.331. The number of alkyl halides is 3. The van der Waals surface area contributed by atoms with Crippen molar-refractivity contribution in [2.75, 3.05) is 11.9 Å². The van der Waals surface area contributed by atoms with E-state index in [1.54, 1.807) is 0 Å². The van der Waals surface area contributed by atoms with Crippen molar-refractivity contribution in [3.8, 4) is 0 Å². The second-order valence-electron chi connectivity index (χ2n) is 6.38. The van der Waals surface area contributed by atoms with Crippen LogP contribution in [0, 0.1) is 11.6 Å². The van der Waals surface area contributed by atoms with Crippen LogP contribution in [0.1, 0.15) is 36.4 Å². The fourth-order valence-corrected chi connectivity index (χ4v) is 3.19. The summed E-state index contributed by atoms with van der Waals surface area (Å²) in [4.78, 5) is 14.1. The van der Waals surface area contributed by atoms with Gasteiger partial charge in [0.2, 0.25) is 0 Å². The van der Waals surface area contributed by atoms with Crippen LogP contribution in [-0.2, 0) is 6.18 Å². The van der Waals surface area contributed by atoms with Crippen molar-refractivity contribution in [2.45, 2.75) is 31.5 Å². The number of nitrogens with one attached hydrogen (secondary N) is 1. The second kappa shape index (κ2) is 7.54. The van der Waals surface area contributed by atoms with Gasteiger partial charge in [0.25, 0.3) is 0 Å². The molecule has 1 aliphatic rings. The topological polar surface area (TPSA) is 32.3 Å². The molecule has 27 heavy (non-hydrogen) atoms. The molecule has 0 aliphatic carbocycles. The second-order valence-corrected chi connectivity index (χ2v) is 6.38. The van der Waals surface area contributed by atoms with Gasteiger partial charge in [-0.2, -0.15) is 13.2 Å². The number of anilines is 1. The van der Waals surface area contributed by atoms with Crippen molar-refractivity contribution < 1.29 is 26.7 Å². The SMILES string of the molecule is O=C(Nc1ccc(F)cc1F)N1CCCC[C@H]1c1ccc(C(F)(F)F)cc1. The van der Waals surface area contributed by atoms with Crippen LogP contribution in [0.5, 0.6) is 0 Å². The van der Waals surface area contributed by atoms with Gasteiger partial charge >= 0.3 is 12.2 Å². The Labute approximate surface area is 152 Å². The third kappa shape index (κ3) is 4.37. The average Bonchev–Trinajstić information content (AvgIpc) is 2.63. The molecule has 2 aromatic rings. The molecule has 0 saturated carbocycles. The van der Waals surface area contributed by atoms with Gasteiger partial charge in [-0.15, -0.1) is 0 Å².